The molecule has 1 aliphatic heterocycles. The van der Waals surface area contributed by atoms with E-state index in [1.165, 1.54) is 11.1 Å². The molecule has 1 N–H and O–H groups in total. The molecule has 0 unspecified atom stereocenters. The summed E-state index contributed by atoms with van der Waals surface area (Å²) in [5, 5.41) is 12.1. The van der Waals surface area contributed by atoms with Gasteiger partial charge >= 0.3 is 0 Å². The molecule has 5 heteroatoms. The third-order valence-electron chi connectivity index (χ3n) is 5.90. The van der Waals surface area contributed by atoms with E-state index in [0.29, 0.717) is 13.1 Å². The molecule has 1 aromatic carbocycles. The van der Waals surface area contributed by atoms with E-state index in [-0.39, 0.29) is 23.7 Å². The average molecular weight is 337 g/mol. The van der Waals surface area contributed by atoms with Crippen LogP contribution in [0.4, 0.5) is 0 Å². The lowest BCUT2D eigenvalue weighted by atomic mass is 9.77. The summed E-state index contributed by atoms with van der Waals surface area (Å²) in [5.74, 6) is -0.556. The summed E-state index contributed by atoms with van der Waals surface area (Å²) < 4.78 is 0. The van der Waals surface area contributed by atoms with Crippen LogP contribution in [0, 0.1) is 23.2 Å². The zero-order valence-corrected chi connectivity index (χ0v) is 14.3. The highest BCUT2D eigenvalue weighted by Gasteiger charge is 2.47. The van der Waals surface area contributed by atoms with Crippen molar-refractivity contribution in [1.82, 2.24) is 10.2 Å². The maximum Gasteiger partial charge on any atom is 0.227 e. The zero-order valence-electron chi connectivity index (χ0n) is 14.3. The van der Waals surface area contributed by atoms with E-state index in [2.05, 4.69) is 23.5 Å². The van der Waals surface area contributed by atoms with Crippen LogP contribution in [-0.2, 0) is 22.7 Å². The first-order valence-corrected chi connectivity index (χ1v) is 9.21. The minimum absolute atomic E-state index is 0.0952. The van der Waals surface area contributed by atoms with E-state index in [9.17, 15) is 14.9 Å². The Hall–Kier alpha value is -2.35. The van der Waals surface area contributed by atoms with E-state index >= 15 is 0 Å². The van der Waals surface area contributed by atoms with Gasteiger partial charge in [0.25, 0.3) is 0 Å². The van der Waals surface area contributed by atoms with E-state index < -0.39 is 5.54 Å². The average Bonchev–Trinajstić information content (AvgIpc) is 3.28. The summed E-state index contributed by atoms with van der Waals surface area (Å²) in [7, 11) is 0. The van der Waals surface area contributed by atoms with Crippen molar-refractivity contribution in [3.05, 3.63) is 35.4 Å². The van der Waals surface area contributed by atoms with Gasteiger partial charge in [-0.3, -0.25) is 9.59 Å². The van der Waals surface area contributed by atoms with Gasteiger partial charge in [0.15, 0.2) is 0 Å². The molecule has 2 amide bonds. The van der Waals surface area contributed by atoms with Crippen molar-refractivity contribution in [3.8, 4) is 6.07 Å². The Morgan fingerprint density at radius 2 is 1.68 bits per heavy atom. The molecule has 0 spiro atoms. The van der Waals surface area contributed by atoms with Gasteiger partial charge in [-0.1, -0.05) is 37.1 Å². The van der Waals surface area contributed by atoms with Crippen molar-refractivity contribution in [3.63, 3.8) is 0 Å². The number of carbonyl (C=O) groups excluding carboxylic acids is 2. The third kappa shape index (κ3) is 3.02. The molecular formula is C20H23N3O2. The number of nitriles is 1. The summed E-state index contributed by atoms with van der Waals surface area (Å²) in [5.41, 5.74) is 1.74. The molecule has 130 valence electrons. The fourth-order valence-electron chi connectivity index (χ4n) is 4.18. The maximum absolute atomic E-state index is 13.1. The SMILES string of the molecule is N#CC1(NC(=O)[C@@H]2CCCC[C@H]2C(=O)N2Cc3ccccc3C2)CC1. The second kappa shape index (κ2) is 6.18. The first-order valence-electron chi connectivity index (χ1n) is 9.21. The molecule has 3 aliphatic rings. The summed E-state index contributed by atoms with van der Waals surface area (Å²) in [6.07, 6.45) is 4.92. The van der Waals surface area contributed by atoms with Crippen LogP contribution in [0.25, 0.3) is 0 Å². The summed E-state index contributed by atoms with van der Waals surface area (Å²) in [6, 6.07) is 10.3. The number of hydrogen-bond acceptors (Lipinski definition) is 3. The summed E-state index contributed by atoms with van der Waals surface area (Å²) in [6.45, 7) is 1.28. The topological polar surface area (TPSA) is 73.2 Å². The lowest BCUT2D eigenvalue weighted by Gasteiger charge is -2.33. The van der Waals surface area contributed by atoms with Crippen molar-refractivity contribution in [1.29, 1.82) is 5.26 Å². The molecule has 0 aromatic heterocycles. The van der Waals surface area contributed by atoms with Crippen molar-refractivity contribution < 1.29 is 9.59 Å². The first-order chi connectivity index (χ1) is 12.1. The Kier molecular flexibility index (Phi) is 3.99. The molecule has 1 heterocycles. The van der Waals surface area contributed by atoms with Gasteiger partial charge in [-0.05, 0) is 36.8 Å². The fraction of sp³-hybridized carbons (Fsp3) is 0.550. The van der Waals surface area contributed by atoms with Crippen molar-refractivity contribution >= 4 is 11.8 Å². The second-order valence-electron chi connectivity index (χ2n) is 7.64. The van der Waals surface area contributed by atoms with Crippen LogP contribution in [0.5, 0.6) is 0 Å². The van der Waals surface area contributed by atoms with Gasteiger partial charge in [-0.15, -0.1) is 0 Å². The predicted molar refractivity (Wildman–Crippen MR) is 91.9 cm³/mol. The minimum atomic E-state index is -0.661. The molecule has 2 atom stereocenters. The number of benzene rings is 1. The lowest BCUT2D eigenvalue weighted by molar-refractivity contribution is -0.144. The largest absolute Gasteiger partial charge is 0.338 e. The van der Waals surface area contributed by atoms with Crippen LogP contribution in [-0.4, -0.2) is 22.3 Å². The van der Waals surface area contributed by atoms with E-state index in [0.717, 1.165) is 38.5 Å². The molecule has 4 rings (SSSR count). The Labute approximate surface area is 148 Å². The van der Waals surface area contributed by atoms with Crippen molar-refractivity contribution in [2.45, 2.75) is 57.2 Å². The maximum atomic E-state index is 13.1. The Balaban J connectivity index is 1.47. The summed E-state index contributed by atoms with van der Waals surface area (Å²) >= 11 is 0. The molecule has 5 nitrogen and oxygen atoms in total. The number of fused-ring (bicyclic) bond motifs is 1. The molecule has 0 bridgehead atoms. The van der Waals surface area contributed by atoms with Gasteiger partial charge < -0.3 is 10.2 Å². The van der Waals surface area contributed by atoms with Gasteiger partial charge in [0, 0.05) is 24.9 Å². The van der Waals surface area contributed by atoms with Gasteiger partial charge in [0.1, 0.15) is 5.54 Å². The smallest absolute Gasteiger partial charge is 0.227 e. The normalized spacial score (nSPS) is 26.4. The van der Waals surface area contributed by atoms with Gasteiger partial charge in [-0.2, -0.15) is 5.26 Å². The van der Waals surface area contributed by atoms with Crippen LogP contribution < -0.4 is 5.32 Å². The minimum Gasteiger partial charge on any atom is -0.338 e. The van der Waals surface area contributed by atoms with E-state index in [4.69, 9.17) is 0 Å². The van der Waals surface area contributed by atoms with Gasteiger partial charge in [-0.25, -0.2) is 0 Å². The molecular weight excluding hydrogens is 314 g/mol. The number of rotatable bonds is 3. The van der Waals surface area contributed by atoms with Crippen LogP contribution in [0.3, 0.4) is 0 Å². The summed E-state index contributed by atoms with van der Waals surface area (Å²) in [4.78, 5) is 27.7. The number of amides is 2. The highest BCUT2D eigenvalue weighted by molar-refractivity contribution is 5.89. The third-order valence-corrected chi connectivity index (χ3v) is 5.90. The molecule has 2 aliphatic carbocycles. The fourth-order valence-corrected chi connectivity index (χ4v) is 4.18. The standard InChI is InChI=1S/C20H23N3O2/c21-13-20(9-10-20)22-18(24)16-7-3-4-8-17(16)19(25)23-11-14-5-1-2-6-15(14)12-23/h1-2,5-6,16-17H,3-4,7-12H2,(H,22,24)/t16-,17-/m1/s1. The number of nitrogens with one attached hydrogen (secondary N) is 1. The Bertz CT molecular complexity index is 723. The van der Waals surface area contributed by atoms with E-state index in [1.54, 1.807) is 0 Å². The second-order valence-corrected chi connectivity index (χ2v) is 7.64. The van der Waals surface area contributed by atoms with Crippen molar-refractivity contribution in [2.75, 3.05) is 0 Å². The lowest BCUT2D eigenvalue weighted by Crippen LogP contribution is -2.47. The highest BCUT2D eigenvalue weighted by atomic mass is 16.2. The first kappa shape index (κ1) is 16.1. The Morgan fingerprint density at radius 3 is 2.24 bits per heavy atom. The molecule has 2 saturated carbocycles. The highest BCUT2D eigenvalue weighted by Crippen LogP contribution is 2.38. The number of nitrogens with zero attached hydrogens (tertiary/aromatic N) is 2. The monoisotopic (exact) mass is 337 g/mol. The molecule has 1 aromatic rings. The van der Waals surface area contributed by atoms with Crippen LogP contribution >= 0.6 is 0 Å². The predicted octanol–water partition coefficient (Wildman–Crippen LogP) is 2.51. The van der Waals surface area contributed by atoms with Gasteiger partial charge in [0.05, 0.1) is 6.07 Å². The van der Waals surface area contributed by atoms with Gasteiger partial charge in [0.2, 0.25) is 11.8 Å². The number of carbonyl (C=O) groups is 2. The molecule has 25 heavy (non-hydrogen) atoms. The number of hydrogen-bond donors (Lipinski definition) is 1. The van der Waals surface area contributed by atoms with Crippen LogP contribution in [0.1, 0.15) is 49.7 Å². The molecule has 0 radical (unpaired) electrons. The molecule has 0 saturated heterocycles. The van der Waals surface area contributed by atoms with Crippen LogP contribution in [0.2, 0.25) is 0 Å². The van der Waals surface area contributed by atoms with Crippen LogP contribution in [0.15, 0.2) is 24.3 Å². The quantitative estimate of drug-likeness (QED) is 0.921. The zero-order chi connectivity index (χ0) is 17.4. The molecule has 2 fully saturated rings. The Morgan fingerprint density at radius 1 is 1.08 bits per heavy atom. The van der Waals surface area contributed by atoms with E-state index in [1.807, 2.05) is 17.0 Å². The van der Waals surface area contributed by atoms with Crippen molar-refractivity contribution in [2.24, 2.45) is 11.8 Å².